The number of fused-ring (bicyclic) bond motifs is 7. The lowest BCUT2D eigenvalue weighted by atomic mass is 9.33. The predicted molar refractivity (Wildman–Crippen MR) is 165 cm³/mol. The monoisotopic (exact) mass is 548 g/mol. The number of rotatable bonds is 2. The van der Waals surface area contributed by atoms with Crippen LogP contribution in [0, 0.1) is 17.5 Å². The van der Waals surface area contributed by atoms with Gasteiger partial charge < -0.3 is 9.47 Å². The molecule has 0 spiro atoms. The SMILES string of the molecule is Fc1cc(F)c(-c2cc3c4c(c2)-n2c5ccccc5c5cccc(c52)B4c2ccccc2N3c2ccccc2)c(F)c1. The molecule has 9 rings (SSSR count). The number of halogens is 3. The lowest BCUT2D eigenvalue weighted by Gasteiger charge is -2.40. The topological polar surface area (TPSA) is 8.17 Å². The van der Waals surface area contributed by atoms with E-state index in [2.05, 4.69) is 58.0 Å². The Morgan fingerprint density at radius 3 is 2.05 bits per heavy atom. The van der Waals surface area contributed by atoms with Gasteiger partial charge >= 0.3 is 0 Å². The highest BCUT2D eigenvalue weighted by Gasteiger charge is 2.42. The summed E-state index contributed by atoms with van der Waals surface area (Å²) in [6.45, 7) is -0.0939. The fraction of sp³-hybridized carbons (Fsp3) is 0. The van der Waals surface area contributed by atoms with Crippen molar-refractivity contribution >= 4 is 62.0 Å². The number of nitrogens with zero attached hydrogens (tertiary/aromatic N) is 2. The molecule has 3 heterocycles. The summed E-state index contributed by atoms with van der Waals surface area (Å²) in [5.41, 5.74) is 9.24. The van der Waals surface area contributed by atoms with Gasteiger partial charge in [0.25, 0.3) is 6.71 Å². The van der Waals surface area contributed by atoms with Crippen LogP contribution >= 0.6 is 0 Å². The summed E-state index contributed by atoms with van der Waals surface area (Å²) in [7, 11) is 0. The van der Waals surface area contributed by atoms with E-state index in [0.29, 0.717) is 5.56 Å². The molecule has 0 saturated heterocycles. The van der Waals surface area contributed by atoms with E-state index >= 15 is 8.78 Å². The Morgan fingerprint density at radius 1 is 0.548 bits per heavy atom. The average Bonchev–Trinajstić information content (AvgIpc) is 3.34. The van der Waals surface area contributed by atoms with Crippen LogP contribution in [0.2, 0.25) is 0 Å². The van der Waals surface area contributed by atoms with Crippen LogP contribution in [0.3, 0.4) is 0 Å². The Labute approximate surface area is 240 Å². The van der Waals surface area contributed by atoms with Crippen LogP contribution in [0.15, 0.2) is 121 Å². The van der Waals surface area contributed by atoms with Crippen molar-refractivity contribution in [3.63, 3.8) is 0 Å². The van der Waals surface area contributed by atoms with Crippen LogP contribution in [-0.2, 0) is 0 Å². The second kappa shape index (κ2) is 8.40. The molecule has 0 unspecified atom stereocenters. The van der Waals surface area contributed by atoms with Gasteiger partial charge in [0, 0.05) is 51.2 Å². The molecule has 7 aromatic rings. The van der Waals surface area contributed by atoms with Crippen molar-refractivity contribution in [1.82, 2.24) is 4.57 Å². The van der Waals surface area contributed by atoms with Gasteiger partial charge in [-0.1, -0.05) is 72.8 Å². The molecular weight excluding hydrogens is 528 g/mol. The molecule has 42 heavy (non-hydrogen) atoms. The molecule has 0 radical (unpaired) electrons. The van der Waals surface area contributed by atoms with E-state index in [0.717, 1.165) is 67.6 Å². The highest BCUT2D eigenvalue weighted by Crippen LogP contribution is 2.43. The van der Waals surface area contributed by atoms with Crippen LogP contribution in [0.4, 0.5) is 30.2 Å². The lowest BCUT2D eigenvalue weighted by Crippen LogP contribution is -2.60. The first-order valence-corrected chi connectivity index (χ1v) is 13.9. The van der Waals surface area contributed by atoms with Crippen LogP contribution in [0.5, 0.6) is 0 Å². The fourth-order valence-electron chi connectivity index (χ4n) is 7.18. The number of para-hydroxylation sites is 4. The molecule has 2 aliphatic heterocycles. The summed E-state index contributed by atoms with van der Waals surface area (Å²) in [5, 5.41) is 2.24. The van der Waals surface area contributed by atoms with E-state index in [1.807, 2.05) is 60.7 Å². The van der Waals surface area contributed by atoms with Crippen molar-refractivity contribution in [2.45, 2.75) is 0 Å². The average molecular weight is 548 g/mol. The maximum Gasteiger partial charge on any atom is 0.252 e. The van der Waals surface area contributed by atoms with Crippen molar-refractivity contribution < 1.29 is 13.2 Å². The first-order valence-electron chi connectivity index (χ1n) is 13.9. The first kappa shape index (κ1) is 23.5. The summed E-state index contributed by atoms with van der Waals surface area (Å²) < 4.78 is 47.0. The molecule has 6 aromatic carbocycles. The maximum absolute atomic E-state index is 15.4. The molecule has 0 fully saturated rings. The lowest BCUT2D eigenvalue weighted by molar-refractivity contribution is 0.548. The smallest absolute Gasteiger partial charge is 0.252 e. The van der Waals surface area contributed by atoms with Crippen molar-refractivity contribution in [3.05, 3.63) is 139 Å². The van der Waals surface area contributed by atoms with E-state index in [1.54, 1.807) is 0 Å². The van der Waals surface area contributed by atoms with Gasteiger partial charge in [-0.3, -0.25) is 0 Å². The van der Waals surface area contributed by atoms with Gasteiger partial charge in [-0.05, 0) is 58.4 Å². The second-order valence-electron chi connectivity index (χ2n) is 10.9. The van der Waals surface area contributed by atoms with Gasteiger partial charge in [0.2, 0.25) is 0 Å². The minimum absolute atomic E-state index is 0.0939. The molecule has 0 aliphatic carbocycles. The zero-order chi connectivity index (χ0) is 28.1. The van der Waals surface area contributed by atoms with E-state index in [-0.39, 0.29) is 12.3 Å². The van der Waals surface area contributed by atoms with Gasteiger partial charge in [-0.25, -0.2) is 13.2 Å². The van der Waals surface area contributed by atoms with E-state index in [9.17, 15) is 4.39 Å². The molecule has 0 saturated carbocycles. The molecule has 6 heteroatoms. The Hall–Kier alpha value is -5.23. The number of hydrogen-bond donors (Lipinski definition) is 0. The molecule has 0 atom stereocenters. The van der Waals surface area contributed by atoms with Gasteiger partial charge in [-0.15, -0.1) is 0 Å². The van der Waals surface area contributed by atoms with E-state index in [4.69, 9.17) is 0 Å². The largest absolute Gasteiger partial charge is 0.311 e. The quantitative estimate of drug-likeness (QED) is 0.204. The minimum atomic E-state index is -0.944. The van der Waals surface area contributed by atoms with Crippen molar-refractivity contribution in [2.75, 3.05) is 4.90 Å². The Kier molecular flexibility index (Phi) is 4.69. The Bertz CT molecular complexity index is 2230. The first-order chi connectivity index (χ1) is 20.6. The highest BCUT2D eigenvalue weighted by molar-refractivity contribution is 7.00. The molecule has 2 aliphatic rings. The summed E-state index contributed by atoms with van der Waals surface area (Å²) in [6.07, 6.45) is 0. The van der Waals surface area contributed by atoms with E-state index in [1.165, 1.54) is 5.46 Å². The minimum Gasteiger partial charge on any atom is -0.311 e. The third-order valence-corrected chi connectivity index (χ3v) is 8.74. The second-order valence-corrected chi connectivity index (χ2v) is 10.9. The van der Waals surface area contributed by atoms with Crippen molar-refractivity contribution in [3.8, 4) is 16.8 Å². The molecule has 2 nitrogen and oxygen atoms in total. The zero-order valence-corrected chi connectivity index (χ0v) is 22.2. The third-order valence-electron chi connectivity index (χ3n) is 8.74. The predicted octanol–water partition coefficient (Wildman–Crippen LogP) is 7.48. The summed E-state index contributed by atoms with van der Waals surface area (Å²) in [4.78, 5) is 2.17. The van der Waals surface area contributed by atoms with Crippen molar-refractivity contribution in [2.24, 2.45) is 0 Å². The summed E-state index contributed by atoms with van der Waals surface area (Å²) in [6, 6.07) is 38.3. The van der Waals surface area contributed by atoms with E-state index < -0.39 is 17.5 Å². The summed E-state index contributed by atoms with van der Waals surface area (Å²) >= 11 is 0. The molecule has 0 N–H and O–H groups in total. The number of anilines is 3. The van der Waals surface area contributed by atoms with Gasteiger partial charge in [0.05, 0.1) is 11.1 Å². The third kappa shape index (κ3) is 3.01. The van der Waals surface area contributed by atoms with Crippen molar-refractivity contribution in [1.29, 1.82) is 0 Å². The molecule has 0 amide bonds. The maximum atomic E-state index is 15.4. The molecular formula is C36H20BF3N2. The van der Waals surface area contributed by atoms with Gasteiger partial charge in [0.1, 0.15) is 17.5 Å². The standard InChI is InChI=1S/C36H20BF3N2/c38-22-19-28(39)34(29(40)20-22)21-17-32-35-33(18-21)42-30-15-6-4-11-24(30)25-12-8-14-27(36(25)42)37(35)26-13-5-7-16-31(26)41(32)23-9-2-1-3-10-23/h1-20H. The van der Waals surface area contributed by atoms with Crippen LogP contribution in [-0.4, -0.2) is 11.3 Å². The Morgan fingerprint density at radius 2 is 1.21 bits per heavy atom. The van der Waals surface area contributed by atoms with Gasteiger partial charge in [0.15, 0.2) is 0 Å². The Balaban J connectivity index is 1.50. The summed E-state index contributed by atoms with van der Waals surface area (Å²) in [5.74, 6) is -2.81. The number of benzene rings is 6. The molecule has 198 valence electrons. The number of aromatic nitrogens is 1. The van der Waals surface area contributed by atoms with Crippen LogP contribution < -0.4 is 21.3 Å². The van der Waals surface area contributed by atoms with Crippen LogP contribution in [0.1, 0.15) is 0 Å². The molecule has 0 bridgehead atoms. The molecule has 1 aromatic heterocycles. The highest BCUT2D eigenvalue weighted by atomic mass is 19.1. The van der Waals surface area contributed by atoms with Gasteiger partial charge in [-0.2, -0.15) is 0 Å². The number of hydrogen-bond acceptors (Lipinski definition) is 1. The van der Waals surface area contributed by atoms with Crippen LogP contribution in [0.25, 0.3) is 38.6 Å². The zero-order valence-electron chi connectivity index (χ0n) is 22.2. The normalized spacial score (nSPS) is 13.0. The fourth-order valence-corrected chi connectivity index (χ4v) is 7.18.